The van der Waals surface area contributed by atoms with Crippen LogP contribution in [0.4, 0.5) is 0 Å². The lowest BCUT2D eigenvalue weighted by atomic mass is 9.91. The Labute approximate surface area is 105 Å². The first-order chi connectivity index (χ1) is 8.29. The monoisotopic (exact) mass is 236 g/mol. The second kappa shape index (κ2) is 9.97. The molecule has 96 valence electrons. The molecule has 0 amide bonds. The van der Waals surface area contributed by atoms with Gasteiger partial charge < -0.3 is 5.32 Å². The third kappa shape index (κ3) is 5.59. The largest absolute Gasteiger partial charge is 0.317 e. The second-order valence-electron chi connectivity index (χ2n) is 3.59. The highest BCUT2D eigenvalue weighted by molar-refractivity contribution is 6.44. The number of allylic oxidation sites excluding steroid dienone is 2. The topological polar surface area (TPSA) is 41.5 Å². The van der Waals surface area contributed by atoms with Crippen LogP contribution in [0.15, 0.2) is 29.9 Å². The van der Waals surface area contributed by atoms with Gasteiger partial charge in [-0.3, -0.25) is 9.79 Å². The van der Waals surface area contributed by atoms with E-state index in [0.717, 1.165) is 25.9 Å². The average Bonchev–Trinajstić information content (AvgIpc) is 2.42. The first-order valence-corrected chi connectivity index (χ1v) is 6.36. The van der Waals surface area contributed by atoms with Gasteiger partial charge in [-0.25, -0.2) is 0 Å². The Morgan fingerprint density at radius 3 is 2.41 bits per heavy atom. The number of aliphatic imine (C=N–C) groups is 1. The molecular formula is C14H24N2O. The summed E-state index contributed by atoms with van der Waals surface area (Å²) < 4.78 is 0. The van der Waals surface area contributed by atoms with Crippen molar-refractivity contribution in [3.05, 3.63) is 24.9 Å². The summed E-state index contributed by atoms with van der Waals surface area (Å²) in [6, 6.07) is 0. The Bertz CT molecular complexity index is 287. The predicted octanol–water partition coefficient (Wildman–Crippen LogP) is 2.74. The van der Waals surface area contributed by atoms with Crippen molar-refractivity contribution in [2.45, 2.75) is 33.6 Å². The van der Waals surface area contributed by atoms with E-state index < -0.39 is 0 Å². The summed E-state index contributed by atoms with van der Waals surface area (Å²) >= 11 is 0. The molecule has 0 aromatic rings. The van der Waals surface area contributed by atoms with Gasteiger partial charge in [-0.1, -0.05) is 26.5 Å². The molecule has 0 saturated carbocycles. The molecule has 1 saturated heterocycles. The van der Waals surface area contributed by atoms with Gasteiger partial charge in [0.15, 0.2) is 5.78 Å². The highest BCUT2D eigenvalue weighted by Crippen LogP contribution is 2.14. The summed E-state index contributed by atoms with van der Waals surface area (Å²) in [5.41, 5.74) is 0.486. The van der Waals surface area contributed by atoms with E-state index in [0.29, 0.717) is 5.71 Å². The second-order valence-corrected chi connectivity index (χ2v) is 3.59. The Kier molecular flexibility index (Phi) is 9.25. The van der Waals surface area contributed by atoms with Crippen molar-refractivity contribution in [1.82, 2.24) is 5.32 Å². The molecule has 3 nitrogen and oxygen atoms in total. The molecular weight excluding hydrogens is 212 g/mol. The van der Waals surface area contributed by atoms with E-state index >= 15 is 0 Å². The standard InChI is InChI=1S/C12H18N2O.C2H6/c1-3-7-14-11(4-2)12(15)10-5-8-13-9-6-10;1-2/h3-4,7,10,13H,2,5-6,8-9H2,1H3;1-2H3/b7-3-,14-11?;. The van der Waals surface area contributed by atoms with Crippen LogP contribution in [0.1, 0.15) is 33.6 Å². The molecule has 1 aliphatic rings. The number of rotatable bonds is 4. The number of nitrogens with zero attached hydrogens (tertiary/aromatic N) is 1. The quantitative estimate of drug-likeness (QED) is 0.763. The molecule has 0 atom stereocenters. The number of carbonyl (C=O) groups is 1. The fourth-order valence-electron chi connectivity index (χ4n) is 1.67. The van der Waals surface area contributed by atoms with Crippen molar-refractivity contribution in [1.29, 1.82) is 0 Å². The predicted molar refractivity (Wildman–Crippen MR) is 74.4 cm³/mol. The zero-order valence-corrected chi connectivity index (χ0v) is 11.2. The number of Topliss-reactive ketones (excluding diaryl/α,β-unsaturated/α-hetero) is 1. The smallest absolute Gasteiger partial charge is 0.184 e. The molecule has 1 fully saturated rings. The van der Waals surface area contributed by atoms with Crippen molar-refractivity contribution >= 4 is 11.5 Å². The Morgan fingerprint density at radius 1 is 1.35 bits per heavy atom. The molecule has 1 aliphatic heterocycles. The van der Waals surface area contributed by atoms with Crippen LogP contribution in [0.3, 0.4) is 0 Å². The summed E-state index contributed by atoms with van der Waals surface area (Å²) in [5.74, 6) is 0.248. The normalized spacial score (nSPS) is 17.5. The Morgan fingerprint density at radius 2 is 1.94 bits per heavy atom. The third-order valence-electron chi connectivity index (χ3n) is 2.52. The van der Waals surface area contributed by atoms with Crippen molar-refractivity contribution in [3.8, 4) is 0 Å². The molecule has 0 unspecified atom stereocenters. The molecule has 0 aliphatic carbocycles. The number of carbonyl (C=O) groups excluding carboxylic acids is 1. The van der Waals surface area contributed by atoms with E-state index in [1.54, 1.807) is 18.4 Å². The van der Waals surface area contributed by atoms with Gasteiger partial charge in [-0.15, -0.1) is 0 Å². The summed E-state index contributed by atoms with van der Waals surface area (Å²) in [6.45, 7) is 11.3. The van der Waals surface area contributed by atoms with E-state index in [-0.39, 0.29) is 11.7 Å². The van der Waals surface area contributed by atoms with Gasteiger partial charge in [0, 0.05) is 12.1 Å². The first kappa shape index (κ1) is 15.8. The third-order valence-corrected chi connectivity index (χ3v) is 2.52. The highest BCUT2D eigenvalue weighted by Gasteiger charge is 2.23. The molecule has 0 aromatic heterocycles. The van der Waals surface area contributed by atoms with Crippen molar-refractivity contribution in [2.75, 3.05) is 13.1 Å². The zero-order chi connectivity index (χ0) is 13.1. The molecule has 1 heterocycles. The van der Waals surface area contributed by atoms with Crippen LogP contribution < -0.4 is 5.32 Å². The molecule has 3 heteroatoms. The average molecular weight is 236 g/mol. The maximum Gasteiger partial charge on any atom is 0.184 e. The first-order valence-electron chi connectivity index (χ1n) is 6.36. The molecule has 0 radical (unpaired) electrons. The molecule has 1 N–H and O–H groups in total. The summed E-state index contributed by atoms with van der Waals surface area (Å²) in [4.78, 5) is 16.1. The fourth-order valence-corrected chi connectivity index (χ4v) is 1.67. The lowest BCUT2D eigenvalue weighted by Crippen LogP contribution is -2.34. The maximum absolute atomic E-state index is 12.0. The lowest BCUT2D eigenvalue weighted by Gasteiger charge is -2.21. The Balaban J connectivity index is 0.00000121. The number of piperidine rings is 1. The van der Waals surface area contributed by atoms with Gasteiger partial charge in [-0.05, 0) is 38.9 Å². The molecule has 0 bridgehead atoms. The van der Waals surface area contributed by atoms with Gasteiger partial charge in [0.2, 0.25) is 0 Å². The molecule has 0 spiro atoms. The maximum atomic E-state index is 12.0. The Hall–Kier alpha value is -1.22. The minimum atomic E-state index is 0.119. The van der Waals surface area contributed by atoms with Crippen LogP contribution >= 0.6 is 0 Å². The summed E-state index contributed by atoms with van der Waals surface area (Å²) in [5, 5.41) is 3.24. The van der Waals surface area contributed by atoms with Crippen LogP contribution in [-0.2, 0) is 4.79 Å². The summed E-state index contributed by atoms with van der Waals surface area (Å²) in [6.07, 6.45) is 6.79. The fraction of sp³-hybridized carbons (Fsp3) is 0.571. The van der Waals surface area contributed by atoms with Gasteiger partial charge in [-0.2, -0.15) is 0 Å². The van der Waals surface area contributed by atoms with Crippen molar-refractivity contribution < 1.29 is 4.79 Å². The van der Waals surface area contributed by atoms with Gasteiger partial charge >= 0.3 is 0 Å². The van der Waals surface area contributed by atoms with E-state index in [4.69, 9.17) is 0 Å². The molecule has 0 aromatic carbocycles. The van der Waals surface area contributed by atoms with E-state index in [1.807, 2.05) is 20.8 Å². The van der Waals surface area contributed by atoms with Crippen LogP contribution in [0.5, 0.6) is 0 Å². The highest BCUT2D eigenvalue weighted by atomic mass is 16.1. The zero-order valence-electron chi connectivity index (χ0n) is 11.2. The number of nitrogens with one attached hydrogen (secondary N) is 1. The van der Waals surface area contributed by atoms with Crippen LogP contribution in [-0.4, -0.2) is 24.6 Å². The number of hydrogen-bond donors (Lipinski definition) is 1. The minimum Gasteiger partial charge on any atom is -0.317 e. The summed E-state index contributed by atoms with van der Waals surface area (Å²) in [7, 11) is 0. The van der Waals surface area contributed by atoms with Gasteiger partial charge in [0.1, 0.15) is 5.71 Å². The van der Waals surface area contributed by atoms with E-state index in [9.17, 15) is 4.79 Å². The SMILES string of the molecule is C=CC(=N/C=C\C)C(=O)C1CCNCC1.CC. The van der Waals surface area contributed by atoms with Gasteiger partial charge in [0.05, 0.1) is 0 Å². The molecule has 17 heavy (non-hydrogen) atoms. The lowest BCUT2D eigenvalue weighted by molar-refractivity contribution is -0.117. The minimum absolute atomic E-state index is 0.119. The van der Waals surface area contributed by atoms with Crippen molar-refractivity contribution in [3.63, 3.8) is 0 Å². The van der Waals surface area contributed by atoms with Gasteiger partial charge in [0.25, 0.3) is 0 Å². The molecule has 1 rings (SSSR count). The van der Waals surface area contributed by atoms with Crippen LogP contribution in [0.2, 0.25) is 0 Å². The van der Waals surface area contributed by atoms with Crippen molar-refractivity contribution in [2.24, 2.45) is 10.9 Å². The van der Waals surface area contributed by atoms with E-state index in [2.05, 4.69) is 16.9 Å². The van der Waals surface area contributed by atoms with Crippen LogP contribution in [0, 0.1) is 5.92 Å². The van der Waals surface area contributed by atoms with E-state index in [1.165, 1.54) is 0 Å². The number of ketones is 1. The number of hydrogen-bond acceptors (Lipinski definition) is 3. The van der Waals surface area contributed by atoms with Crippen LogP contribution in [0.25, 0.3) is 0 Å².